The van der Waals surface area contributed by atoms with Gasteiger partial charge in [0.15, 0.2) is 0 Å². The van der Waals surface area contributed by atoms with Crippen molar-refractivity contribution >= 4 is 43.2 Å². The summed E-state index contributed by atoms with van der Waals surface area (Å²) in [6.45, 7) is 5.20. The molecular weight excluding hydrogens is 378 g/mol. The van der Waals surface area contributed by atoms with Gasteiger partial charge in [-0.1, -0.05) is 6.92 Å². The van der Waals surface area contributed by atoms with E-state index in [0.29, 0.717) is 6.04 Å². The van der Waals surface area contributed by atoms with Gasteiger partial charge in [0.1, 0.15) is 10.7 Å². The number of pyridine rings is 1. The van der Waals surface area contributed by atoms with Crippen molar-refractivity contribution in [3.63, 3.8) is 0 Å². The van der Waals surface area contributed by atoms with Crippen LogP contribution in [0.2, 0.25) is 0 Å². The van der Waals surface area contributed by atoms with Crippen molar-refractivity contribution in [1.82, 2.24) is 15.3 Å². The first kappa shape index (κ1) is 14.1. The first-order chi connectivity index (χ1) is 8.61. The molecule has 6 heteroatoms. The summed E-state index contributed by atoms with van der Waals surface area (Å²) in [7, 11) is 0. The molecule has 2 rings (SSSR count). The van der Waals surface area contributed by atoms with Gasteiger partial charge >= 0.3 is 0 Å². The van der Waals surface area contributed by atoms with Crippen molar-refractivity contribution in [2.45, 2.75) is 19.9 Å². The number of halogens is 2. The maximum absolute atomic E-state index is 4.45. The Morgan fingerprint density at radius 3 is 2.78 bits per heavy atom. The molecule has 3 nitrogen and oxygen atoms in total. The molecule has 0 saturated carbocycles. The number of nitrogens with one attached hydrogen (secondary N) is 1. The third-order valence-corrected chi connectivity index (χ3v) is 4.70. The van der Waals surface area contributed by atoms with Gasteiger partial charge in [0.05, 0.1) is 0 Å². The summed E-state index contributed by atoms with van der Waals surface area (Å²) in [5.74, 6) is 0. The zero-order valence-electron chi connectivity index (χ0n) is 10.1. The fourth-order valence-electron chi connectivity index (χ4n) is 1.57. The summed E-state index contributed by atoms with van der Waals surface area (Å²) in [6, 6.07) is 2.31. The molecule has 0 fully saturated rings. The minimum atomic E-state index is 0.329. The molecule has 0 aliphatic carbocycles. The van der Waals surface area contributed by atoms with Crippen LogP contribution in [0.4, 0.5) is 0 Å². The molecule has 1 unspecified atom stereocenters. The molecule has 0 amide bonds. The van der Waals surface area contributed by atoms with Crippen molar-refractivity contribution in [2.24, 2.45) is 0 Å². The normalized spacial score (nSPS) is 12.7. The van der Waals surface area contributed by atoms with Gasteiger partial charge in [-0.15, -0.1) is 11.3 Å². The molecular formula is C12H13Br2N3S. The van der Waals surface area contributed by atoms with Gasteiger partial charge in [0, 0.05) is 32.3 Å². The van der Waals surface area contributed by atoms with Crippen LogP contribution in [-0.4, -0.2) is 16.5 Å². The van der Waals surface area contributed by atoms with E-state index in [4.69, 9.17) is 0 Å². The van der Waals surface area contributed by atoms with Crippen molar-refractivity contribution in [3.8, 4) is 10.7 Å². The molecule has 0 radical (unpaired) electrons. The van der Waals surface area contributed by atoms with Crippen molar-refractivity contribution < 1.29 is 0 Å². The van der Waals surface area contributed by atoms with Crippen LogP contribution in [0.1, 0.15) is 24.8 Å². The number of hydrogen-bond acceptors (Lipinski definition) is 4. The molecule has 2 heterocycles. The second kappa shape index (κ2) is 6.23. The highest BCUT2D eigenvalue weighted by Gasteiger charge is 2.13. The molecule has 1 atom stereocenters. The summed E-state index contributed by atoms with van der Waals surface area (Å²) in [6.07, 6.45) is 3.71. The number of thiazole rings is 1. The fourth-order valence-corrected chi connectivity index (χ4v) is 3.83. The van der Waals surface area contributed by atoms with E-state index in [1.807, 2.05) is 12.3 Å². The first-order valence-electron chi connectivity index (χ1n) is 5.62. The van der Waals surface area contributed by atoms with E-state index in [1.165, 1.54) is 4.88 Å². The Morgan fingerprint density at radius 1 is 1.33 bits per heavy atom. The van der Waals surface area contributed by atoms with Crippen molar-refractivity contribution in [1.29, 1.82) is 0 Å². The molecule has 0 aliphatic rings. The average molecular weight is 391 g/mol. The summed E-state index contributed by atoms with van der Waals surface area (Å²) < 4.78 is 1.91. The van der Waals surface area contributed by atoms with Gasteiger partial charge < -0.3 is 5.32 Å². The van der Waals surface area contributed by atoms with Gasteiger partial charge in [-0.25, -0.2) is 4.98 Å². The molecule has 2 aromatic heterocycles. The van der Waals surface area contributed by atoms with Crippen molar-refractivity contribution in [2.75, 3.05) is 6.54 Å². The lowest BCUT2D eigenvalue weighted by Gasteiger charge is -2.08. The van der Waals surface area contributed by atoms with E-state index in [9.17, 15) is 0 Å². The Hall–Kier alpha value is -0.300. The fraction of sp³-hybridized carbons (Fsp3) is 0.333. The van der Waals surface area contributed by atoms with E-state index in [0.717, 1.165) is 26.2 Å². The molecule has 0 bridgehead atoms. The molecule has 0 aliphatic heterocycles. The zero-order valence-corrected chi connectivity index (χ0v) is 14.1. The van der Waals surface area contributed by atoms with E-state index in [1.54, 1.807) is 17.5 Å². The van der Waals surface area contributed by atoms with Crippen LogP contribution < -0.4 is 5.32 Å². The number of rotatable bonds is 4. The average Bonchev–Trinajstić information content (AvgIpc) is 2.78. The van der Waals surface area contributed by atoms with Gasteiger partial charge in [-0.2, -0.15) is 0 Å². The molecule has 1 N–H and O–H groups in total. The molecule has 0 saturated heterocycles. The maximum Gasteiger partial charge on any atom is 0.143 e. The van der Waals surface area contributed by atoms with E-state index < -0.39 is 0 Å². The molecule has 18 heavy (non-hydrogen) atoms. The largest absolute Gasteiger partial charge is 0.310 e. The van der Waals surface area contributed by atoms with Crippen molar-refractivity contribution in [3.05, 3.63) is 32.3 Å². The monoisotopic (exact) mass is 389 g/mol. The first-order valence-corrected chi connectivity index (χ1v) is 8.02. The van der Waals surface area contributed by atoms with Crippen LogP contribution in [-0.2, 0) is 0 Å². The molecule has 0 spiro atoms. The van der Waals surface area contributed by atoms with Gasteiger partial charge in [-0.05, 0) is 51.4 Å². The van der Waals surface area contributed by atoms with Gasteiger partial charge in [0.2, 0.25) is 0 Å². The Balaban J connectivity index is 2.29. The second-order valence-electron chi connectivity index (χ2n) is 3.83. The summed E-state index contributed by atoms with van der Waals surface area (Å²) in [4.78, 5) is 10.1. The molecule has 96 valence electrons. The quantitative estimate of drug-likeness (QED) is 0.840. The van der Waals surface area contributed by atoms with Crippen LogP contribution >= 0.6 is 43.2 Å². The van der Waals surface area contributed by atoms with Crippen LogP contribution in [0.15, 0.2) is 27.4 Å². The SMILES string of the molecule is CCNC(C)c1cnc(-c2ncc(Br)cc2Br)s1. The van der Waals surface area contributed by atoms with E-state index in [2.05, 4.69) is 61.0 Å². The lowest BCUT2D eigenvalue weighted by atomic mass is 10.3. The maximum atomic E-state index is 4.45. The number of hydrogen-bond donors (Lipinski definition) is 1. The lowest BCUT2D eigenvalue weighted by molar-refractivity contribution is 0.606. The predicted octanol–water partition coefficient (Wildman–Crippen LogP) is 4.40. The predicted molar refractivity (Wildman–Crippen MR) is 82.8 cm³/mol. The summed E-state index contributed by atoms with van der Waals surface area (Å²) >= 11 is 8.59. The Labute approximate surface area is 127 Å². The van der Waals surface area contributed by atoms with E-state index >= 15 is 0 Å². The van der Waals surface area contributed by atoms with Gasteiger partial charge in [-0.3, -0.25) is 4.98 Å². The highest BCUT2D eigenvalue weighted by atomic mass is 79.9. The Kier molecular flexibility index (Phi) is 4.89. The minimum absolute atomic E-state index is 0.329. The number of nitrogens with zero attached hydrogens (tertiary/aromatic N) is 2. The van der Waals surface area contributed by atoms with E-state index in [-0.39, 0.29) is 0 Å². The smallest absolute Gasteiger partial charge is 0.143 e. The number of aromatic nitrogens is 2. The van der Waals surface area contributed by atoms with Gasteiger partial charge in [0.25, 0.3) is 0 Å². The van der Waals surface area contributed by atoms with Crippen LogP contribution in [0.3, 0.4) is 0 Å². The zero-order chi connectivity index (χ0) is 13.1. The van der Waals surface area contributed by atoms with Crippen LogP contribution in [0, 0.1) is 0 Å². The third kappa shape index (κ3) is 3.17. The molecule has 2 aromatic rings. The Morgan fingerprint density at radius 2 is 2.11 bits per heavy atom. The highest BCUT2D eigenvalue weighted by molar-refractivity contribution is 9.11. The highest BCUT2D eigenvalue weighted by Crippen LogP contribution is 2.32. The third-order valence-electron chi connectivity index (χ3n) is 2.47. The van der Waals surface area contributed by atoms with Crippen LogP contribution in [0.25, 0.3) is 10.7 Å². The Bertz CT molecular complexity index is 542. The molecule has 0 aromatic carbocycles. The standard InChI is InChI=1S/C12H13Br2N3S/c1-3-15-7(2)10-6-17-12(18-10)11-9(14)4-8(13)5-16-11/h4-7,15H,3H2,1-2H3. The minimum Gasteiger partial charge on any atom is -0.310 e. The topological polar surface area (TPSA) is 37.8 Å². The summed E-state index contributed by atoms with van der Waals surface area (Å²) in [5, 5.41) is 4.32. The van der Waals surface area contributed by atoms with Crippen LogP contribution in [0.5, 0.6) is 0 Å². The summed E-state index contributed by atoms with van der Waals surface area (Å²) in [5.41, 5.74) is 0.887. The lowest BCUT2D eigenvalue weighted by Crippen LogP contribution is -2.16. The second-order valence-corrected chi connectivity index (χ2v) is 6.66.